The number of dihydropyridines is 1. The number of rotatable bonds is 5. The number of esters is 2. The van der Waals surface area contributed by atoms with Crippen LogP contribution in [0.2, 0.25) is 0 Å². The summed E-state index contributed by atoms with van der Waals surface area (Å²) in [4.78, 5) is 35.3. The molecule has 0 saturated heterocycles. The smallest absolute Gasteiger partial charge is 0.336 e. The summed E-state index contributed by atoms with van der Waals surface area (Å²) in [5, 5.41) is 13.9. The van der Waals surface area contributed by atoms with Crippen molar-refractivity contribution in [1.82, 2.24) is 5.32 Å². The van der Waals surface area contributed by atoms with Crippen LogP contribution in [0.3, 0.4) is 0 Å². The molecule has 26 heavy (non-hydrogen) atoms. The average Bonchev–Trinajstić information content (AvgIpc) is 2.60. The van der Waals surface area contributed by atoms with Crippen molar-refractivity contribution in [3.63, 3.8) is 0 Å². The van der Waals surface area contributed by atoms with Crippen molar-refractivity contribution in [1.29, 1.82) is 0 Å². The molecule has 1 aromatic carbocycles. The summed E-state index contributed by atoms with van der Waals surface area (Å²) >= 11 is 0. The topological polar surface area (TPSA) is 108 Å². The Morgan fingerprint density at radius 3 is 2.12 bits per heavy atom. The van der Waals surface area contributed by atoms with Crippen LogP contribution in [-0.2, 0) is 19.1 Å². The zero-order valence-electron chi connectivity index (χ0n) is 15.0. The van der Waals surface area contributed by atoms with Crippen LogP contribution in [0.15, 0.2) is 46.8 Å². The normalized spacial score (nSPS) is 16.8. The number of nitrogens with one attached hydrogen (secondary N) is 1. The highest BCUT2D eigenvalue weighted by Gasteiger charge is 2.37. The molecule has 0 unspecified atom stereocenters. The molecular weight excluding hydrogens is 340 g/mol. The summed E-state index contributed by atoms with van der Waals surface area (Å²) < 4.78 is 10.0. The Kier molecular flexibility index (Phi) is 5.76. The van der Waals surface area contributed by atoms with Crippen LogP contribution in [0, 0.1) is 10.1 Å². The molecule has 0 fully saturated rings. The second-order valence-electron chi connectivity index (χ2n) is 5.70. The fourth-order valence-electron chi connectivity index (χ4n) is 2.98. The maximum absolute atomic E-state index is 12.5. The quantitative estimate of drug-likeness (QED) is 0.488. The summed E-state index contributed by atoms with van der Waals surface area (Å²) in [6.07, 6.45) is 0. The van der Waals surface area contributed by atoms with Gasteiger partial charge in [0.05, 0.1) is 35.7 Å². The summed E-state index contributed by atoms with van der Waals surface area (Å²) in [6, 6.07) is 5.72. The first-order chi connectivity index (χ1) is 12.3. The molecule has 0 radical (unpaired) electrons. The number of nitro groups is 1. The third-order valence-electron chi connectivity index (χ3n) is 4.10. The predicted molar refractivity (Wildman–Crippen MR) is 93.0 cm³/mol. The molecular formula is C18H20N2O6. The molecule has 138 valence electrons. The van der Waals surface area contributed by atoms with Gasteiger partial charge in [0.1, 0.15) is 0 Å². The summed E-state index contributed by atoms with van der Waals surface area (Å²) in [5.74, 6) is -1.90. The van der Waals surface area contributed by atoms with Crippen LogP contribution >= 0.6 is 0 Å². The second kappa shape index (κ2) is 7.81. The number of non-ortho nitro benzene ring substituents is 1. The number of carbonyl (C=O) groups excluding carboxylic acids is 2. The monoisotopic (exact) mass is 360 g/mol. The number of ether oxygens (including phenoxy) is 2. The first-order valence-corrected chi connectivity index (χ1v) is 8.00. The Hall–Kier alpha value is -3.16. The van der Waals surface area contributed by atoms with Gasteiger partial charge in [-0.05, 0) is 26.3 Å². The SMILES string of the molecule is CCOC(=O)C1=C(C)NC(C)=C(C(=O)OC)[C@H]1c1ccc([N+](=O)[O-])cc1. The van der Waals surface area contributed by atoms with E-state index in [-0.39, 0.29) is 23.4 Å². The molecule has 0 aliphatic carbocycles. The van der Waals surface area contributed by atoms with Crippen LogP contribution in [0.1, 0.15) is 32.3 Å². The minimum absolute atomic E-state index is 0.0820. The molecule has 2 rings (SSSR count). The summed E-state index contributed by atoms with van der Waals surface area (Å²) in [7, 11) is 1.25. The lowest BCUT2D eigenvalue weighted by Gasteiger charge is -2.30. The van der Waals surface area contributed by atoms with E-state index in [1.165, 1.54) is 31.4 Å². The van der Waals surface area contributed by atoms with E-state index >= 15 is 0 Å². The van der Waals surface area contributed by atoms with Gasteiger partial charge < -0.3 is 14.8 Å². The minimum atomic E-state index is -0.747. The van der Waals surface area contributed by atoms with Crippen molar-refractivity contribution < 1.29 is 24.0 Å². The van der Waals surface area contributed by atoms with Crippen molar-refractivity contribution in [2.75, 3.05) is 13.7 Å². The van der Waals surface area contributed by atoms with Gasteiger partial charge in [0, 0.05) is 23.5 Å². The number of benzene rings is 1. The Morgan fingerprint density at radius 2 is 1.65 bits per heavy atom. The molecule has 1 aliphatic heterocycles. The third kappa shape index (κ3) is 3.58. The van der Waals surface area contributed by atoms with Gasteiger partial charge in [-0.1, -0.05) is 12.1 Å². The molecule has 8 heteroatoms. The van der Waals surface area contributed by atoms with E-state index in [4.69, 9.17) is 9.47 Å². The highest BCUT2D eigenvalue weighted by Crippen LogP contribution is 2.39. The average molecular weight is 360 g/mol. The maximum atomic E-state index is 12.5. The zero-order chi connectivity index (χ0) is 19.4. The molecule has 1 aromatic rings. The summed E-state index contributed by atoms with van der Waals surface area (Å²) in [5.41, 5.74) is 2.10. The zero-order valence-corrected chi connectivity index (χ0v) is 15.0. The lowest BCUT2D eigenvalue weighted by atomic mass is 9.80. The molecule has 0 bridgehead atoms. The number of hydrogen-bond acceptors (Lipinski definition) is 7. The highest BCUT2D eigenvalue weighted by atomic mass is 16.6. The van der Waals surface area contributed by atoms with Crippen LogP contribution in [0.25, 0.3) is 0 Å². The number of nitro benzene ring substituents is 1. The van der Waals surface area contributed by atoms with E-state index in [9.17, 15) is 19.7 Å². The van der Waals surface area contributed by atoms with Gasteiger partial charge in [0.2, 0.25) is 0 Å². The second-order valence-corrected chi connectivity index (χ2v) is 5.70. The molecule has 0 saturated carbocycles. The van der Waals surface area contributed by atoms with Crippen molar-refractivity contribution in [2.45, 2.75) is 26.7 Å². The van der Waals surface area contributed by atoms with E-state index in [1.54, 1.807) is 20.8 Å². The lowest BCUT2D eigenvalue weighted by molar-refractivity contribution is -0.384. The van der Waals surface area contributed by atoms with Crippen LogP contribution in [-0.4, -0.2) is 30.6 Å². The minimum Gasteiger partial charge on any atom is -0.466 e. The van der Waals surface area contributed by atoms with Gasteiger partial charge in [-0.3, -0.25) is 10.1 Å². The Morgan fingerprint density at radius 1 is 1.12 bits per heavy atom. The Bertz CT molecular complexity index is 807. The fourth-order valence-corrected chi connectivity index (χ4v) is 2.98. The van der Waals surface area contributed by atoms with Crippen molar-refractivity contribution in [3.8, 4) is 0 Å². The molecule has 0 amide bonds. The summed E-state index contributed by atoms with van der Waals surface area (Å²) in [6.45, 7) is 5.28. The van der Waals surface area contributed by atoms with Crippen LogP contribution < -0.4 is 5.32 Å². The van der Waals surface area contributed by atoms with Crippen LogP contribution in [0.5, 0.6) is 0 Å². The largest absolute Gasteiger partial charge is 0.466 e. The molecule has 8 nitrogen and oxygen atoms in total. The van der Waals surface area contributed by atoms with Gasteiger partial charge >= 0.3 is 11.9 Å². The van der Waals surface area contributed by atoms with Gasteiger partial charge in [-0.15, -0.1) is 0 Å². The van der Waals surface area contributed by atoms with Crippen molar-refractivity contribution >= 4 is 17.6 Å². The first kappa shape index (κ1) is 19.2. The van der Waals surface area contributed by atoms with E-state index in [2.05, 4.69) is 5.32 Å². The van der Waals surface area contributed by atoms with Crippen LogP contribution in [0.4, 0.5) is 5.69 Å². The highest BCUT2D eigenvalue weighted by molar-refractivity contribution is 5.99. The van der Waals surface area contributed by atoms with Crippen molar-refractivity contribution in [2.24, 2.45) is 0 Å². The van der Waals surface area contributed by atoms with E-state index < -0.39 is 22.8 Å². The molecule has 0 spiro atoms. The van der Waals surface area contributed by atoms with E-state index in [0.29, 0.717) is 17.0 Å². The van der Waals surface area contributed by atoms with Gasteiger partial charge in [0.25, 0.3) is 5.69 Å². The first-order valence-electron chi connectivity index (χ1n) is 8.00. The fraction of sp³-hybridized carbons (Fsp3) is 0.333. The number of nitrogens with zero attached hydrogens (tertiary/aromatic N) is 1. The van der Waals surface area contributed by atoms with Gasteiger partial charge in [0.15, 0.2) is 0 Å². The molecule has 0 aromatic heterocycles. The lowest BCUT2D eigenvalue weighted by Crippen LogP contribution is -2.32. The number of allylic oxidation sites excluding steroid dienone is 2. The van der Waals surface area contributed by atoms with E-state index in [1.807, 2.05) is 0 Å². The van der Waals surface area contributed by atoms with Crippen molar-refractivity contribution in [3.05, 3.63) is 62.5 Å². The molecule has 1 N–H and O–H groups in total. The third-order valence-corrected chi connectivity index (χ3v) is 4.10. The number of hydrogen-bond donors (Lipinski definition) is 1. The Balaban J connectivity index is 2.63. The van der Waals surface area contributed by atoms with Gasteiger partial charge in [-0.25, -0.2) is 9.59 Å². The molecule has 1 atom stereocenters. The standard InChI is InChI=1S/C18H20N2O6/c1-5-26-18(22)15-11(3)19-10(2)14(17(21)25-4)16(15)12-6-8-13(9-7-12)20(23)24/h6-9,16,19H,5H2,1-4H3/t16-/m1/s1. The maximum Gasteiger partial charge on any atom is 0.336 e. The van der Waals surface area contributed by atoms with Gasteiger partial charge in [-0.2, -0.15) is 0 Å². The van der Waals surface area contributed by atoms with E-state index in [0.717, 1.165) is 0 Å². The molecule has 1 aliphatic rings. The number of methoxy groups -OCH3 is 1. The number of carbonyl (C=O) groups is 2. The Labute approximate surface area is 150 Å². The molecule has 1 heterocycles. The predicted octanol–water partition coefficient (Wildman–Crippen LogP) is 2.57.